The van der Waals surface area contributed by atoms with Gasteiger partial charge in [0.1, 0.15) is 6.07 Å². The number of rotatable bonds is 4. The Labute approximate surface area is 156 Å². The number of Topliss-reactive ketones (excluding diaryl/α,β-unsaturated/α-hetero) is 1. The zero-order valence-electron chi connectivity index (χ0n) is 15.2. The largest absolute Gasteiger partial charge is 0.464 e. The molecule has 1 aliphatic rings. The van der Waals surface area contributed by atoms with Crippen LogP contribution in [-0.2, 0) is 9.47 Å². The number of morpholine rings is 1. The Morgan fingerprint density at radius 2 is 1.96 bits per heavy atom. The van der Waals surface area contributed by atoms with Crippen LogP contribution in [0.25, 0.3) is 5.69 Å². The third-order valence-corrected chi connectivity index (χ3v) is 4.54. The Morgan fingerprint density at radius 1 is 1.26 bits per heavy atom. The fraction of sp³-hybridized carbons (Fsp3) is 0.316. The summed E-state index contributed by atoms with van der Waals surface area (Å²) in [5.41, 5.74) is 8.16. The Kier molecular flexibility index (Phi) is 5.14. The highest BCUT2D eigenvalue weighted by molar-refractivity contribution is 5.98. The van der Waals surface area contributed by atoms with Crippen molar-refractivity contribution >= 4 is 23.1 Å². The SMILES string of the molecule is COC(=O)c1c(N)c(C#N)cn1-c1cc(C(C)=O)ccc1N1CCOCC1. The highest BCUT2D eigenvalue weighted by Gasteiger charge is 2.25. The summed E-state index contributed by atoms with van der Waals surface area (Å²) in [4.78, 5) is 26.3. The van der Waals surface area contributed by atoms with Gasteiger partial charge >= 0.3 is 5.97 Å². The van der Waals surface area contributed by atoms with Gasteiger partial charge in [-0.25, -0.2) is 4.79 Å². The monoisotopic (exact) mass is 368 g/mol. The standard InChI is InChI=1S/C19H20N4O4/c1-12(24)13-3-4-15(22-5-7-27-8-6-22)16(9-13)23-11-14(10-20)17(21)18(23)19(25)26-2/h3-4,9,11H,5-8,21H2,1-2H3. The average Bonchev–Trinajstić information content (AvgIpc) is 3.03. The molecule has 8 nitrogen and oxygen atoms in total. The van der Waals surface area contributed by atoms with Crippen LogP contribution in [0.1, 0.15) is 33.3 Å². The first-order valence-corrected chi connectivity index (χ1v) is 8.45. The van der Waals surface area contributed by atoms with Gasteiger partial charge in [-0.2, -0.15) is 5.26 Å². The van der Waals surface area contributed by atoms with E-state index >= 15 is 0 Å². The molecule has 2 N–H and O–H groups in total. The molecular formula is C19H20N4O4. The maximum absolute atomic E-state index is 12.3. The molecule has 1 fully saturated rings. The summed E-state index contributed by atoms with van der Waals surface area (Å²) in [7, 11) is 1.25. The molecule has 27 heavy (non-hydrogen) atoms. The minimum atomic E-state index is -0.657. The van der Waals surface area contributed by atoms with Crippen LogP contribution in [0.3, 0.4) is 0 Å². The van der Waals surface area contributed by atoms with E-state index in [0.717, 1.165) is 5.69 Å². The summed E-state index contributed by atoms with van der Waals surface area (Å²) in [6, 6.07) is 7.26. The lowest BCUT2D eigenvalue weighted by Gasteiger charge is -2.31. The minimum Gasteiger partial charge on any atom is -0.464 e. The summed E-state index contributed by atoms with van der Waals surface area (Å²) in [6.45, 7) is 3.97. The number of hydrogen-bond acceptors (Lipinski definition) is 7. The number of anilines is 2. The van der Waals surface area contributed by atoms with E-state index in [4.69, 9.17) is 15.2 Å². The highest BCUT2D eigenvalue weighted by Crippen LogP contribution is 2.32. The first kappa shape index (κ1) is 18.5. The number of nitrogens with two attached hydrogens (primary N) is 1. The molecule has 0 spiro atoms. The molecule has 3 rings (SSSR count). The number of carbonyl (C=O) groups excluding carboxylic acids is 2. The number of carbonyl (C=O) groups is 2. The van der Waals surface area contributed by atoms with Gasteiger partial charge < -0.3 is 24.7 Å². The number of methoxy groups -OCH3 is 1. The van der Waals surface area contributed by atoms with Gasteiger partial charge in [0, 0.05) is 24.8 Å². The van der Waals surface area contributed by atoms with Crippen molar-refractivity contribution in [1.29, 1.82) is 5.26 Å². The van der Waals surface area contributed by atoms with E-state index in [1.54, 1.807) is 12.1 Å². The fourth-order valence-electron chi connectivity index (χ4n) is 3.11. The van der Waals surface area contributed by atoms with Crippen molar-refractivity contribution in [2.45, 2.75) is 6.92 Å². The van der Waals surface area contributed by atoms with E-state index in [1.165, 1.54) is 24.8 Å². The number of hydrogen-bond donors (Lipinski definition) is 1. The topological polar surface area (TPSA) is 111 Å². The Hall–Kier alpha value is -3.31. The molecule has 0 amide bonds. The maximum Gasteiger partial charge on any atom is 0.357 e. The summed E-state index contributed by atoms with van der Waals surface area (Å²) in [5, 5.41) is 9.34. The zero-order valence-corrected chi connectivity index (χ0v) is 15.2. The molecule has 0 saturated carbocycles. The van der Waals surface area contributed by atoms with Gasteiger partial charge in [-0.15, -0.1) is 0 Å². The zero-order chi connectivity index (χ0) is 19.6. The molecule has 1 aromatic heterocycles. The van der Waals surface area contributed by atoms with Crippen molar-refractivity contribution in [3.05, 3.63) is 41.2 Å². The first-order chi connectivity index (χ1) is 13.0. The number of nitrogen functional groups attached to an aromatic ring is 1. The Bertz CT molecular complexity index is 936. The second-order valence-electron chi connectivity index (χ2n) is 6.14. The van der Waals surface area contributed by atoms with Crippen LogP contribution < -0.4 is 10.6 Å². The summed E-state index contributed by atoms with van der Waals surface area (Å²) in [5.74, 6) is -0.764. The lowest BCUT2D eigenvalue weighted by molar-refractivity contribution is 0.0593. The molecule has 0 radical (unpaired) electrons. The first-order valence-electron chi connectivity index (χ1n) is 8.45. The molecule has 0 aliphatic carbocycles. The van der Waals surface area contributed by atoms with Gasteiger partial charge in [0.05, 0.1) is 42.9 Å². The van der Waals surface area contributed by atoms with E-state index in [0.29, 0.717) is 37.6 Å². The number of esters is 1. The smallest absolute Gasteiger partial charge is 0.357 e. The number of benzene rings is 1. The molecule has 1 saturated heterocycles. The van der Waals surface area contributed by atoms with Crippen LogP contribution in [0, 0.1) is 11.3 Å². The highest BCUT2D eigenvalue weighted by atomic mass is 16.5. The van der Waals surface area contributed by atoms with Crippen molar-refractivity contribution < 1.29 is 19.1 Å². The van der Waals surface area contributed by atoms with Crippen LogP contribution in [-0.4, -0.2) is 49.7 Å². The van der Waals surface area contributed by atoms with Gasteiger partial charge in [-0.05, 0) is 25.1 Å². The molecular weight excluding hydrogens is 348 g/mol. The van der Waals surface area contributed by atoms with Crippen molar-refractivity contribution in [2.24, 2.45) is 0 Å². The van der Waals surface area contributed by atoms with E-state index in [1.807, 2.05) is 12.1 Å². The lowest BCUT2D eigenvalue weighted by atomic mass is 10.1. The average molecular weight is 368 g/mol. The number of ketones is 1. The van der Waals surface area contributed by atoms with Crippen LogP contribution in [0.15, 0.2) is 24.4 Å². The van der Waals surface area contributed by atoms with Gasteiger partial charge in [-0.3, -0.25) is 4.79 Å². The van der Waals surface area contributed by atoms with Crippen LogP contribution in [0.5, 0.6) is 0 Å². The van der Waals surface area contributed by atoms with Crippen LogP contribution in [0.4, 0.5) is 11.4 Å². The quantitative estimate of drug-likeness (QED) is 0.646. The summed E-state index contributed by atoms with van der Waals surface area (Å²) >= 11 is 0. The predicted molar refractivity (Wildman–Crippen MR) is 99.3 cm³/mol. The van der Waals surface area contributed by atoms with E-state index in [2.05, 4.69) is 4.90 Å². The van der Waals surface area contributed by atoms with Crippen LogP contribution in [0.2, 0.25) is 0 Å². The third-order valence-electron chi connectivity index (χ3n) is 4.54. The molecule has 2 heterocycles. The van der Waals surface area contributed by atoms with Crippen molar-refractivity contribution in [3.8, 4) is 11.8 Å². The molecule has 8 heteroatoms. The molecule has 2 aromatic rings. The number of ether oxygens (including phenoxy) is 2. The predicted octanol–water partition coefficient (Wildman–Crippen LogP) is 1.76. The second-order valence-corrected chi connectivity index (χ2v) is 6.14. The minimum absolute atomic E-state index is 0.0468. The molecule has 1 aromatic carbocycles. The molecule has 140 valence electrons. The summed E-state index contributed by atoms with van der Waals surface area (Å²) in [6.07, 6.45) is 1.49. The normalized spacial score (nSPS) is 13.9. The number of nitriles is 1. The van der Waals surface area contributed by atoms with E-state index < -0.39 is 5.97 Å². The maximum atomic E-state index is 12.3. The Balaban J connectivity index is 2.26. The van der Waals surface area contributed by atoms with Crippen LogP contribution >= 0.6 is 0 Å². The molecule has 0 atom stereocenters. The van der Waals surface area contributed by atoms with Gasteiger partial charge in [0.2, 0.25) is 0 Å². The molecule has 0 unspecified atom stereocenters. The van der Waals surface area contributed by atoms with Gasteiger partial charge in [0.15, 0.2) is 11.5 Å². The van der Waals surface area contributed by atoms with Crippen molar-refractivity contribution in [1.82, 2.24) is 4.57 Å². The number of nitrogens with zero attached hydrogens (tertiary/aromatic N) is 3. The third kappa shape index (κ3) is 3.37. The molecule has 0 bridgehead atoms. The van der Waals surface area contributed by atoms with E-state index in [-0.39, 0.29) is 22.7 Å². The lowest BCUT2D eigenvalue weighted by Crippen LogP contribution is -2.37. The van der Waals surface area contributed by atoms with Crippen molar-refractivity contribution in [2.75, 3.05) is 44.0 Å². The fourth-order valence-corrected chi connectivity index (χ4v) is 3.11. The van der Waals surface area contributed by atoms with Gasteiger partial charge in [0.25, 0.3) is 0 Å². The number of aromatic nitrogens is 1. The second kappa shape index (κ2) is 7.51. The Morgan fingerprint density at radius 3 is 2.56 bits per heavy atom. The molecule has 1 aliphatic heterocycles. The van der Waals surface area contributed by atoms with E-state index in [9.17, 15) is 14.9 Å². The summed E-state index contributed by atoms with van der Waals surface area (Å²) < 4.78 is 11.8. The van der Waals surface area contributed by atoms with Gasteiger partial charge in [-0.1, -0.05) is 0 Å². The van der Waals surface area contributed by atoms with Crippen molar-refractivity contribution in [3.63, 3.8) is 0 Å².